The van der Waals surface area contributed by atoms with Gasteiger partial charge in [-0.3, -0.25) is 0 Å². The van der Waals surface area contributed by atoms with E-state index < -0.39 is 0 Å². The Balaban J connectivity index is 2.08. The molecule has 3 rings (SSSR count). The molecule has 0 saturated heterocycles. The van der Waals surface area contributed by atoms with E-state index in [9.17, 15) is 4.79 Å². The van der Waals surface area contributed by atoms with Crippen LogP contribution < -0.4 is 9.47 Å². The molecule has 0 N–H and O–H groups in total. The van der Waals surface area contributed by atoms with Gasteiger partial charge in [0.2, 0.25) is 0 Å². The number of cyclic esters (lactones) is 1. The summed E-state index contributed by atoms with van der Waals surface area (Å²) in [5.74, 6) is 1.18. The second-order valence-electron chi connectivity index (χ2n) is 4.89. The lowest BCUT2D eigenvalue weighted by Crippen LogP contribution is -1.98. The molecule has 0 unspecified atom stereocenters. The normalized spacial score (nSPS) is 14.0. The summed E-state index contributed by atoms with van der Waals surface area (Å²) in [5.41, 5.74) is 3.21. The molecule has 2 aromatic carbocycles. The van der Waals surface area contributed by atoms with Crippen LogP contribution in [0, 0.1) is 0 Å². The van der Waals surface area contributed by atoms with Gasteiger partial charge in [-0.25, -0.2) is 4.79 Å². The zero-order chi connectivity index (χ0) is 15.5. The van der Waals surface area contributed by atoms with Gasteiger partial charge in [0.25, 0.3) is 0 Å². The Labute approximate surface area is 128 Å². The van der Waals surface area contributed by atoms with Crippen LogP contribution in [0.5, 0.6) is 11.5 Å². The highest BCUT2D eigenvalue weighted by Crippen LogP contribution is 2.34. The molecule has 0 radical (unpaired) electrons. The molecular formula is C18H16O4. The van der Waals surface area contributed by atoms with Gasteiger partial charge in [-0.1, -0.05) is 24.3 Å². The average Bonchev–Trinajstić information content (AvgIpc) is 2.96. The van der Waals surface area contributed by atoms with E-state index in [4.69, 9.17) is 14.2 Å². The highest BCUT2D eigenvalue weighted by atomic mass is 16.5. The second-order valence-corrected chi connectivity index (χ2v) is 4.89. The Bertz CT molecular complexity index is 729. The van der Waals surface area contributed by atoms with Crippen LogP contribution in [-0.2, 0) is 9.53 Å². The van der Waals surface area contributed by atoms with Crippen molar-refractivity contribution in [2.75, 3.05) is 20.8 Å². The maximum Gasteiger partial charge on any atom is 0.339 e. The maximum atomic E-state index is 12.1. The highest BCUT2D eigenvalue weighted by Gasteiger charge is 2.27. The molecule has 4 nitrogen and oxygen atoms in total. The van der Waals surface area contributed by atoms with Crippen molar-refractivity contribution in [1.82, 2.24) is 0 Å². The van der Waals surface area contributed by atoms with E-state index in [1.807, 2.05) is 48.5 Å². The van der Waals surface area contributed by atoms with Crippen molar-refractivity contribution in [3.05, 3.63) is 59.7 Å². The zero-order valence-corrected chi connectivity index (χ0v) is 12.5. The van der Waals surface area contributed by atoms with Gasteiger partial charge in [-0.15, -0.1) is 0 Å². The Morgan fingerprint density at radius 1 is 0.909 bits per heavy atom. The van der Waals surface area contributed by atoms with Crippen molar-refractivity contribution in [3.8, 4) is 11.5 Å². The fourth-order valence-corrected chi connectivity index (χ4v) is 2.50. The first-order valence-electron chi connectivity index (χ1n) is 6.92. The Morgan fingerprint density at radius 3 is 2.32 bits per heavy atom. The van der Waals surface area contributed by atoms with E-state index in [1.165, 1.54) is 0 Å². The SMILES string of the molecule is COc1ccc(C2=C(c3cccc(OC)c3)C(=O)OC2)cc1. The van der Waals surface area contributed by atoms with E-state index in [-0.39, 0.29) is 12.6 Å². The molecule has 0 spiro atoms. The van der Waals surface area contributed by atoms with Crippen LogP contribution in [0.2, 0.25) is 0 Å². The predicted octanol–water partition coefficient (Wildman–Crippen LogP) is 3.17. The Kier molecular flexibility index (Phi) is 3.83. The Morgan fingerprint density at radius 2 is 1.64 bits per heavy atom. The molecule has 0 atom stereocenters. The summed E-state index contributed by atoms with van der Waals surface area (Å²) in [7, 11) is 3.23. The third-order valence-electron chi connectivity index (χ3n) is 3.65. The number of esters is 1. The number of carbonyl (C=O) groups is 1. The molecule has 0 bridgehead atoms. The van der Waals surface area contributed by atoms with Crippen molar-refractivity contribution >= 4 is 17.1 Å². The minimum absolute atomic E-state index is 0.276. The largest absolute Gasteiger partial charge is 0.497 e. The van der Waals surface area contributed by atoms with Crippen LogP contribution in [0.4, 0.5) is 0 Å². The van der Waals surface area contributed by atoms with E-state index in [2.05, 4.69) is 0 Å². The third-order valence-corrected chi connectivity index (χ3v) is 3.65. The molecule has 0 aromatic heterocycles. The summed E-state index contributed by atoms with van der Waals surface area (Å²) in [6.07, 6.45) is 0. The van der Waals surface area contributed by atoms with Gasteiger partial charge in [0.15, 0.2) is 0 Å². The van der Waals surface area contributed by atoms with E-state index in [0.717, 1.165) is 22.4 Å². The lowest BCUT2D eigenvalue weighted by molar-refractivity contribution is -0.133. The van der Waals surface area contributed by atoms with E-state index >= 15 is 0 Å². The monoisotopic (exact) mass is 296 g/mol. The number of hydrogen-bond acceptors (Lipinski definition) is 4. The topological polar surface area (TPSA) is 44.8 Å². The number of methoxy groups -OCH3 is 2. The molecular weight excluding hydrogens is 280 g/mol. The average molecular weight is 296 g/mol. The minimum atomic E-state index is -0.306. The second kappa shape index (κ2) is 5.93. The molecule has 0 amide bonds. The van der Waals surface area contributed by atoms with Gasteiger partial charge in [0.1, 0.15) is 18.1 Å². The predicted molar refractivity (Wildman–Crippen MR) is 83.8 cm³/mol. The molecule has 0 aliphatic carbocycles. The smallest absolute Gasteiger partial charge is 0.339 e. The van der Waals surface area contributed by atoms with Crippen LogP contribution in [0.3, 0.4) is 0 Å². The van der Waals surface area contributed by atoms with Gasteiger partial charge in [0, 0.05) is 5.57 Å². The molecule has 112 valence electrons. The highest BCUT2D eigenvalue weighted by molar-refractivity contribution is 6.27. The Hall–Kier alpha value is -2.75. The summed E-state index contributed by atoms with van der Waals surface area (Å²) >= 11 is 0. The zero-order valence-electron chi connectivity index (χ0n) is 12.5. The molecule has 1 aliphatic rings. The number of benzene rings is 2. The first-order chi connectivity index (χ1) is 10.7. The van der Waals surface area contributed by atoms with Gasteiger partial charge < -0.3 is 14.2 Å². The fourth-order valence-electron chi connectivity index (χ4n) is 2.50. The van der Waals surface area contributed by atoms with Crippen molar-refractivity contribution in [1.29, 1.82) is 0 Å². The van der Waals surface area contributed by atoms with Gasteiger partial charge in [-0.2, -0.15) is 0 Å². The van der Waals surface area contributed by atoms with E-state index in [1.54, 1.807) is 14.2 Å². The first-order valence-corrected chi connectivity index (χ1v) is 6.92. The molecule has 1 aliphatic heterocycles. The lowest BCUT2D eigenvalue weighted by Gasteiger charge is -2.07. The van der Waals surface area contributed by atoms with Gasteiger partial charge in [-0.05, 0) is 35.4 Å². The van der Waals surface area contributed by atoms with Crippen LogP contribution in [0.1, 0.15) is 11.1 Å². The lowest BCUT2D eigenvalue weighted by atomic mass is 9.96. The van der Waals surface area contributed by atoms with Crippen molar-refractivity contribution in [2.45, 2.75) is 0 Å². The standard InChI is InChI=1S/C18H16O4/c1-20-14-8-6-12(7-9-14)16-11-22-18(19)17(16)13-4-3-5-15(10-13)21-2/h3-10H,11H2,1-2H3. The summed E-state index contributed by atoms with van der Waals surface area (Å²) in [5, 5.41) is 0. The van der Waals surface area contributed by atoms with Crippen LogP contribution >= 0.6 is 0 Å². The van der Waals surface area contributed by atoms with Crippen LogP contribution in [0.25, 0.3) is 11.1 Å². The molecule has 22 heavy (non-hydrogen) atoms. The quantitative estimate of drug-likeness (QED) is 0.813. The van der Waals surface area contributed by atoms with Crippen molar-refractivity contribution in [2.24, 2.45) is 0 Å². The summed E-state index contributed by atoms with van der Waals surface area (Å²) in [6.45, 7) is 0.276. The summed E-state index contributed by atoms with van der Waals surface area (Å²) < 4.78 is 15.6. The maximum absolute atomic E-state index is 12.1. The first kappa shape index (κ1) is 14.2. The summed E-state index contributed by atoms with van der Waals surface area (Å²) in [6, 6.07) is 15.0. The van der Waals surface area contributed by atoms with E-state index in [0.29, 0.717) is 11.3 Å². The number of carbonyl (C=O) groups excluding carboxylic acids is 1. The summed E-state index contributed by atoms with van der Waals surface area (Å²) in [4.78, 5) is 12.1. The van der Waals surface area contributed by atoms with Crippen LogP contribution in [-0.4, -0.2) is 26.8 Å². The molecule has 2 aromatic rings. The van der Waals surface area contributed by atoms with Crippen molar-refractivity contribution in [3.63, 3.8) is 0 Å². The van der Waals surface area contributed by atoms with Gasteiger partial charge >= 0.3 is 5.97 Å². The molecule has 4 heteroatoms. The number of ether oxygens (including phenoxy) is 3. The fraction of sp³-hybridized carbons (Fsp3) is 0.167. The number of hydrogen-bond donors (Lipinski definition) is 0. The van der Waals surface area contributed by atoms with Crippen molar-refractivity contribution < 1.29 is 19.0 Å². The molecule has 1 heterocycles. The number of rotatable bonds is 4. The third kappa shape index (κ3) is 2.55. The molecule has 0 saturated carbocycles. The van der Waals surface area contributed by atoms with Crippen LogP contribution in [0.15, 0.2) is 48.5 Å². The minimum Gasteiger partial charge on any atom is -0.497 e. The van der Waals surface area contributed by atoms with Gasteiger partial charge in [0.05, 0.1) is 19.8 Å². The molecule has 0 fully saturated rings.